The van der Waals surface area contributed by atoms with Gasteiger partial charge in [0.15, 0.2) is 0 Å². The summed E-state index contributed by atoms with van der Waals surface area (Å²) in [7, 11) is 1.06. The van der Waals surface area contributed by atoms with E-state index in [1.54, 1.807) is 0 Å². The van der Waals surface area contributed by atoms with Crippen molar-refractivity contribution in [3.05, 3.63) is 28.8 Å². The molecule has 1 rings (SSSR count). The van der Waals surface area contributed by atoms with Crippen molar-refractivity contribution in [2.75, 3.05) is 7.11 Å². The predicted octanol–water partition coefficient (Wildman–Crippen LogP) is 1.75. The maximum absolute atomic E-state index is 13.0. The molecule has 0 bridgehead atoms. The Morgan fingerprint density at radius 3 is 2.76 bits per heavy atom. The number of hydrogen-bond acceptors (Lipinski definition) is 4. The summed E-state index contributed by atoms with van der Waals surface area (Å²) in [5.74, 6) is -1.93. The number of carbonyl (C=O) groups excluding carboxylic acids is 1. The molecule has 0 saturated carbocycles. The van der Waals surface area contributed by atoms with Gasteiger partial charge in [-0.05, 0) is 0 Å². The Morgan fingerprint density at radius 1 is 1.65 bits per heavy atom. The van der Waals surface area contributed by atoms with E-state index in [2.05, 4.69) is 9.72 Å². The highest BCUT2D eigenvalue weighted by Gasteiger charge is 2.22. The Hall–Kier alpha value is -2.10. The van der Waals surface area contributed by atoms with Crippen molar-refractivity contribution in [1.29, 1.82) is 5.26 Å². The lowest BCUT2D eigenvalue weighted by Gasteiger charge is -2.08. The second kappa shape index (κ2) is 5.30. The predicted molar refractivity (Wildman–Crippen MR) is 49.6 cm³/mol. The zero-order valence-electron chi connectivity index (χ0n) is 8.71. The topological polar surface area (TPSA) is 63.0 Å². The van der Waals surface area contributed by atoms with Crippen LogP contribution in [0.5, 0.6) is 0 Å². The minimum atomic E-state index is -3.02. The first-order chi connectivity index (χ1) is 7.99. The van der Waals surface area contributed by atoms with E-state index in [0.29, 0.717) is 6.07 Å². The summed E-state index contributed by atoms with van der Waals surface area (Å²) in [5.41, 5.74) is -1.76. The molecule has 0 N–H and O–H groups in total. The van der Waals surface area contributed by atoms with Gasteiger partial charge in [-0.1, -0.05) is 0 Å². The van der Waals surface area contributed by atoms with Crippen LogP contribution in [0.3, 0.4) is 0 Å². The third-order valence-electron chi connectivity index (χ3n) is 1.98. The standard InChI is InChI=1S/C10H7F3N2O2/c1-17-8(16)3-6-9(10(12)13)5(4-14)2-7(11)15-6/h2,10H,3H2,1H3. The van der Waals surface area contributed by atoms with Gasteiger partial charge in [-0.15, -0.1) is 0 Å². The van der Waals surface area contributed by atoms with Gasteiger partial charge in [-0.2, -0.15) is 9.65 Å². The quantitative estimate of drug-likeness (QED) is 0.600. The Kier molecular flexibility index (Phi) is 4.04. The molecule has 0 saturated heterocycles. The molecule has 1 heterocycles. The minimum absolute atomic E-state index is 0.483. The fourth-order valence-corrected chi connectivity index (χ4v) is 1.25. The van der Waals surface area contributed by atoms with Crippen LogP contribution in [0.25, 0.3) is 0 Å². The van der Waals surface area contributed by atoms with Crippen molar-refractivity contribution in [1.82, 2.24) is 4.98 Å². The molecule has 0 spiro atoms. The second-order valence-corrected chi connectivity index (χ2v) is 3.02. The number of aromatic nitrogens is 1. The second-order valence-electron chi connectivity index (χ2n) is 3.02. The Bertz CT molecular complexity index is 483. The number of esters is 1. The van der Waals surface area contributed by atoms with E-state index >= 15 is 0 Å². The maximum Gasteiger partial charge on any atom is 0.311 e. The lowest BCUT2D eigenvalue weighted by Crippen LogP contribution is -2.11. The van der Waals surface area contributed by atoms with E-state index < -0.39 is 41.6 Å². The normalized spacial score (nSPS) is 10.1. The highest BCUT2D eigenvalue weighted by molar-refractivity contribution is 5.72. The van der Waals surface area contributed by atoms with Crippen LogP contribution in [0, 0.1) is 17.3 Å². The summed E-state index contributed by atoms with van der Waals surface area (Å²) >= 11 is 0. The third-order valence-corrected chi connectivity index (χ3v) is 1.98. The first-order valence-corrected chi connectivity index (χ1v) is 4.44. The number of nitrogens with zero attached hydrogens (tertiary/aromatic N) is 2. The molecule has 1 aromatic heterocycles. The van der Waals surface area contributed by atoms with Gasteiger partial charge in [-0.3, -0.25) is 4.79 Å². The molecule has 0 fully saturated rings. The van der Waals surface area contributed by atoms with Crippen molar-refractivity contribution >= 4 is 5.97 Å². The molecule has 0 amide bonds. The molecule has 0 aliphatic heterocycles. The Labute approximate surface area is 94.6 Å². The molecule has 0 atom stereocenters. The van der Waals surface area contributed by atoms with Gasteiger partial charge in [0.1, 0.15) is 0 Å². The Balaban J connectivity index is 3.31. The maximum atomic E-state index is 13.0. The minimum Gasteiger partial charge on any atom is -0.469 e. The lowest BCUT2D eigenvalue weighted by atomic mass is 10.1. The molecule has 0 radical (unpaired) electrons. The SMILES string of the molecule is COC(=O)Cc1nc(F)cc(C#N)c1C(F)F. The average molecular weight is 244 g/mol. The van der Waals surface area contributed by atoms with Crippen LogP contribution >= 0.6 is 0 Å². The van der Waals surface area contributed by atoms with Crippen LogP contribution in [0.15, 0.2) is 6.07 Å². The summed E-state index contributed by atoms with van der Waals surface area (Å²) in [5, 5.41) is 8.61. The number of alkyl halides is 2. The largest absolute Gasteiger partial charge is 0.469 e. The first kappa shape index (κ1) is 13.0. The number of hydrogen-bond donors (Lipinski definition) is 0. The van der Waals surface area contributed by atoms with Gasteiger partial charge in [0.25, 0.3) is 6.43 Å². The van der Waals surface area contributed by atoms with Gasteiger partial charge in [-0.25, -0.2) is 13.8 Å². The van der Waals surface area contributed by atoms with E-state index in [1.807, 2.05) is 0 Å². The van der Waals surface area contributed by atoms with Gasteiger partial charge in [0, 0.05) is 6.07 Å². The average Bonchev–Trinajstić information content (AvgIpc) is 2.27. The molecule has 1 aromatic rings. The summed E-state index contributed by atoms with van der Waals surface area (Å²) in [6.45, 7) is 0. The van der Waals surface area contributed by atoms with Crippen LogP contribution in [0.1, 0.15) is 23.2 Å². The molecule has 0 aromatic carbocycles. The van der Waals surface area contributed by atoms with Gasteiger partial charge in [0.05, 0.1) is 36.4 Å². The van der Waals surface area contributed by atoms with E-state index in [9.17, 15) is 18.0 Å². The van der Waals surface area contributed by atoms with Gasteiger partial charge >= 0.3 is 5.97 Å². The molecule has 7 heteroatoms. The molecule has 0 aliphatic carbocycles. The van der Waals surface area contributed by atoms with Crippen LogP contribution in [-0.2, 0) is 16.0 Å². The first-order valence-electron chi connectivity index (χ1n) is 4.44. The number of halogens is 3. The number of methoxy groups -OCH3 is 1. The fraction of sp³-hybridized carbons (Fsp3) is 0.300. The monoisotopic (exact) mass is 244 g/mol. The molecular formula is C10H7F3N2O2. The fourth-order valence-electron chi connectivity index (χ4n) is 1.25. The zero-order valence-corrected chi connectivity index (χ0v) is 8.71. The zero-order chi connectivity index (χ0) is 13.0. The lowest BCUT2D eigenvalue weighted by molar-refractivity contribution is -0.139. The van der Waals surface area contributed by atoms with Crippen molar-refractivity contribution in [2.24, 2.45) is 0 Å². The molecular weight excluding hydrogens is 237 g/mol. The molecule has 0 unspecified atom stereocenters. The molecule has 4 nitrogen and oxygen atoms in total. The summed E-state index contributed by atoms with van der Waals surface area (Å²) < 4.78 is 42.6. The molecule has 17 heavy (non-hydrogen) atoms. The van der Waals surface area contributed by atoms with Crippen molar-refractivity contribution in [2.45, 2.75) is 12.8 Å². The highest BCUT2D eigenvalue weighted by atomic mass is 19.3. The van der Waals surface area contributed by atoms with Crippen LogP contribution in [0.4, 0.5) is 13.2 Å². The van der Waals surface area contributed by atoms with Crippen LogP contribution < -0.4 is 0 Å². The van der Waals surface area contributed by atoms with Crippen molar-refractivity contribution < 1.29 is 22.7 Å². The van der Waals surface area contributed by atoms with Gasteiger partial charge < -0.3 is 4.74 Å². The van der Waals surface area contributed by atoms with Crippen molar-refractivity contribution in [3.63, 3.8) is 0 Å². The number of rotatable bonds is 3. The third kappa shape index (κ3) is 2.93. The molecule has 0 aliphatic rings. The number of ether oxygens (including phenoxy) is 1. The smallest absolute Gasteiger partial charge is 0.311 e. The Morgan fingerprint density at radius 2 is 2.29 bits per heavy atom. The van der Waals surface area contributed by atoms with E-state index in [0.717, 1.165) is 7.11 Å². The summed E-state index contributed by atoms with van der Waals surface area (Å²) in [6, 6.07) is 2.04. The van der Waals surface area contributed by atoms with Crippen LogP contribution in [0.2, 0.25) is 0 Å². The number of nitriles is 1. The number of carbonyl (C=O) groups is 1. The van der Waals surface area contributed by atoms with E-state index in [-0.39, 0.29) is 0 Å². The molecule has 90 valence electrons. The van der Waals surface area contributed by atoms with E-state index in [4.69, 9.17) is 5.26 Å². The van der Waals surface area contributed by atoms with Crippen LogP contribution in [-0.4, -0.2) is 18.1 Å². The summed E-state index contributed by atoms with van der Waals surface area (Å²) in [4.78, 5) is 14.1. The number of pyridine rings is 1. The van der Waals surface area contributed by atoms with Crippen molar-refractivity contribution in [3.8, 4) is 6.07 Å². The summed E-state index contributed by atoms with van der Waals surface area (Å²) in [6.07, 6.45) is -3.62. The van der Waals surface area contributed by atoms with Gasteiger partial charge in [0.2, 0.25) is 5.95 Å². The highest BCUT2D eigenvalue weighted by Crippen LogP contribution is 2.26. The van der Waals surface area contributed by atoms with E-state index in [1.165, 1.54) is 6.07 Å².